The highest BCUT2D eigenvalue weighted by atomic mass is 35.5. The zero-order chi connectivity index (χ0) is 8.65. The molecule has 0 atom stereocenters. The smallest absolute Gasteiger partial charge is 0.261 e. The zero-order valence-electron chi connectivity index (χ0n) is 6.72. The van der Waals surface area contributed by atoms with E-state index in [-0.39, 0.29) is 4.34 Å². The van der Waals surface area contributed by atoms with E-state index >= 15 is 0 Å². The molecule has 2 nitrogen and oxygen atoms in total. The molecule has 0 unspecified atom stereocenters. The van der Waals surface area contributed by atoms with E-state index in [1.54, 1.807) is 0 Å². The van der Waals surface area contributed by atoms with Crippen molar-refractivity contribution >= 4 is 23.1 Å². The van der Waals surface area contributed by atoms with Crippen LogP contribution in [0.2, 0.25) is 4.34 Å². The van der Waals surface area contributed by atoms with Crippen molar-refractivity contribution in [3.8, 4) is 0 Å². The lowest BCUT2D eigenvalue weighted by atomic mass is 10.7. The van der Waals surface area contributed by atoms with Gasteiger partial charge in [0.05, 0.1) is 0 Å². The van der Waals surface area contributed by atoms with Crippen molar-refractivity contribution < 1.29 is 4.11 Å². The Morgan fingerprint density at radius 3 is 3.12 bits per heavy atom. The summed E-state index contributed by atoms with van der Waals surface area (Å²) in [6.07, 6.45) is 0. The zero-order valence-corrected chi connectivity index (χ0v) is 5.29. The summed E-state index contributed by atoms with van der Waals surface area (Å²) in [7, 11) is 0. The van der Waals surface area contributed by atoms with E-state index in [1.807, 2.05) is 0 Å². The first-order chi connectivity index (χ1) is 4.91. The molecule has 0 fully saturated rings. The summed E-state index contributed by atoms with van der Waals surface area (Å²) in [6.45, 7) is -2.41. The number of hydrogen-bond donors (Lipinski definition) is 0. The van der Waals surface area contributed by atoms with Crippen molar-refractivity contribution in [2.24, 2.45) is 6.98 Å². The van der Waals surface area contributed by atoms with Crippen molar-refractivity contribution in [1.29, 1.82) is 0 Å². The maximum absolute atomic E-state index is 10.8. The van der Waals surface area contributed by atoms with Crippen LogP contribution < -0.4 is 5.56 Å². The predicted octanol–water partition coefficient (Wildman–Crippen LogP) is 1.10. The molecule has 44 valence electrons. The maximum Gasteiger partial charge on any atom is 0.261 e. The van der Waals surface area contributed by atoms with Gasteiger partial charge >= 0.3 is 0 Å². The third kappa shape index (κ3) is 0.928. The van der Waals surface area contributed by atoms with Crippen LogP contribution in [0.4, 0.5) is 0 Å². The second-order valence-corrected chi connectivity index (χ2v) is 2.79. The molecule has 0 radical (unpaired) electrons. The van der Waals surface area contributed by atoms with Crippen LogP contribution >= 0.6 is 23.1 Å². The molecule has 1 aromatic rings. The topological polar surface area (TPSA) is 22.0 Å². The average Bonchev–Trinajstić information content (AvgIpc) is 2.08. The van der Waals surface area contributed by atoms with Gasteiger partial charge in [0.15, 0.2) is 0 Å². The van der Waals surface area contributed by atoms with E-state index in [4.69, 9.17) is 15.7 Å². The molecule has 0 aliphatic heterocycles. The van der Waals surface area contributed by atoms with Gasteiger partial charge in [-0.25, -0.2) is 0 Å². The van der Waals surface area contributed by atoms with Gasteiger partial charge in [-0.15, -0.1) is 0 Å². The molecule has 0 spiro atoms. The molecule has 4 heteroatoms. The second-order valence-electron chi connectivity index (χ2n) is 1.17. The van der Waals surface area contributed by atoms with Gasteiger partial charge in [0.2, 0.25) is 0 Å². The Balaban J connectivity index is 3.25. The van der Waals surface area contributed by atoms with Crippen molar-refractivity contribution in [2.45, 2.75) is 0 Å². The lowest BCUT2D eigenvalue weighted by molar-refractivity contribution is 0.981. The van der Waals surface area contributed by atoms with E-state index in [0.29, 0.717) is 3.96 Å². The van der Waals surface area contributed by atoms with Crippen LogP contribution in [0.15, 0.2) is 10.9 Å². The minimum absolute atomic E-state index is 0.186. The SMILES string of the molecule is [2H]C([2H])([2H])n1sc(Cl)cc1=O. The monoisotopic (exact) mass is 152 g/mol. The van der Waals surface area contributed by atoms with Gasteiger partial charge in [0, 0.05) is 17.2 Å². The van der Waals surface area contributed by atoms with Crippen molar-refractivity contribution in [3.63, 3.8) is 0 Å². The van der Waals surface area contributed by atoms with Crippen LogP contribution in [-0.4, -0.2) is 3.96 Å². The lowest BCUT2D eigenvalue weighted by Gasteiger charge is -1.77. The van der Waals surface area contributed by atoms with E-state index in [1.165, 1.54) is 0 Å². The molecule has 0 aliphatic rings. The first-order valence-corrected chi connectivity index (χ1v) is 2.96. The van der Waals surface area contributed by atoms with E-state index < -0.39 is 12.5 Å². The van der Waals surface area contributed by atoms with Gasteiger partial charge in [-0.3, -0.25) is 8.75 Å². The summed E-state index contributed by atoms with van der Waals surface area (Å²) >= 11 is 6.15. The summed E-state index contributed by atoms with van der Waals surface area (Å²) in [5.41, 5.74) is -0.583. The van der Waals surface area contributed by atoms with Gasteiger partial charge in [-0.2, -0.15) is 0 Å². The van der Waals surface area contributed by atoms with Crippen LogP contribution in [0.25, 0.3) is 0 Å². The molecule has 1 rings (SSSR count). The van der Waals surface area contributed by atoms with Crippen molar-refractivity contribution in [1.82, 2.24) is 3.96 Å². The Morgan fingerprint density at radius 2 is 2.88 bits per heavy atom. The van der Waals surface area contributed by atoms with Crippen LogP contribution in [0, 0.1) is 0 Å². The normalized spacial score (nSPS) is 16.9. The number of nitrogens with zero attached hydrogens (tertiary/aromatic N) is 1. The minimum atomic E-state index is -2.41. The number of halogens is 1. The lowest BCUT2D eigenvalue weighted by Crippen LogP contribution is -2.05. The third-order valence-electron chi connectivity index (χ3n) is 0.616. The highest BCUT2D eigenvalue weighted by Crippen LogP contribution is 2.09. The molecule has 0 aromatic carbocycles. The van der Waals surface area contributed by atoms with Crippen LogP contribution in [0.5, 0.6) is 0 Å². The van der Waals surface area contributed by atoms with Gasteiger partial charge < -0.3 is 0 Å². The number of aromatic nitrogens is 1. The van der Waals surface area contributed by atoms with Crippen LogP contribution in [0.1, 0.15) is 4.11 Å². The Labute approximate surface area is 59.7 Å². The molecule has 0 bridgehead atoms. The van der Waals surface area contributed by atoms with Crippen molar-refractivity contribution in [2.75, 3.05) is 0 Å². The Kier molecular flexibility index (Phi) is 0.726. The van der Waals surface area contributed by atoms with E-state index in [2.05, 4.69) is 0 Å². The van der Waals surface area contributed by atoms with Crippen LogP contribution in [0.3, 0.4) is 0 Å². The number of hydrogen-bond acceptors (Lipinski definition) is 2. The third-order valence-corrected chi connectivity index (χ3v) is 1.59. The highest BCUT2D eigenvalue weighted by molar-refractivity contribution is 7.11. The quantitative estimate of drug-likeness (QED) is 0.546. The molecule has 1 aromatic heterocycles. The molecule has 0 N–H and O–H groups in total. The fraction of sp³-hybridized carbons (Fsp3) is 0.250. The van der Waals surface area contributed by atoms with Gasteiger partial charge in [-0.05, 0) is 11.5 Å². The molecule has 1 heterocycles. The molecular formula is C4H4ClNOS. The average molecular weight is 153 g/mol. The number of aryl methyl sites for hydroxylation is 1. The molecule has 0 aliphatic carbocycles. The summed E-state index contributed by atoms with van der Waals surface area (Å²) in [4.78, 5) is 10.8. The molecular weight excluding hydrogens is 146 g/mol. The Hall–Kier alpha value is -0.280. The largest absolute Gasteiger partial charge is 0.268 e. The van der Waals surface area contributed by atoms with Gasteiger partial charge in [0.1, 0.15) is 4.34 Å². The molecule has 0 amide bonds. The predicted molar refractivity (Wildman–Crippen MR) is 34.6 cm³/mol. The van der Waals surface area contributed by atoms with E-state index in [9.17, 15) is 4.79 Å². The summed E-state index contributed by atoms with van der Waals surface area (Å²) in [5, 5.41) is 0. The minimum Gasteiger partial charge on any atom is -0.268 e. The first-order valence-electron chi connectivity index (χ1n) is 3.30. The Morgan fingerprint density at radius 1 is 2.12 bits per heavy atom. The molecule has 0 saturated carbocycles. The standard InChI is InChI=1S/C4H4ClNOS/c1-6-4(7)2-3(5)8-6/h2H,1H3/i1D3. The van der Waals surface area contributed by atoms with Gasteiger partial charge in [0.25, 0.3) is 5.56 Å². The highest BCUT2D eigenvalue weighted by Gasteiger charge is 1.93. The van der Waals surface area contributed by atoms with Crippen LogP contribution in [-0.2, 0) is 6.98 Å². The summed E-state index contributed by atoms with van der Waals surface area (Å²) < 4.78 is 21.5. The Bertz CT molecular complexity index is 314. The fourth-order valence-electron chi connectivity index (χ4n) is 0.314. The second kappa shape index (κ2) is 1.91. The fourth-order valence-corrected chi connectivity index (χ4v) is 1.09. The number of rotatable bonds is 0. The van der Waals surface area contributed by atoms with Crippen molar-refractivity contribution in [3.05, 3.63) is 20.8 Å². The summed E-state index contributed by atoms with van der Waals surface area (Å²) in [5.74, 6) is 0. The maximum atomic E-state index is 10.8. The van der Waals surface area contributed by atoms with E-state index in [0.717, 1.165) is 17.6 Å². The molecule has 8 heavy (non-hydrogen) atoms. The summed E-state index contributed by atoms with van der Waals surface area (Å²) in [6, 6.07) is 1.08. The first kappa shape index (κ1) is 3.03. The molecule has 0 saturated heterocycles. The van der Waals surface area contributed by atoms with Gasteiger partial charge in [-0.1, -0.05) is 11.6 Å².